The minimum absolute atomic E-state index is 0. The van der Waals surface area contributed by atoms with Crippen LogP contribution in [0.5, 0.6) is 0 Å². The fourth-order valence-electron chi connectivity index (χ4n) is 2.64. The van der Waals surface area contributed by atoms with Crippen LogP contribution in [-0.4, -0.2) is 30.7 Å². The van der Waals surface area contributed by atoms with Gasteiger partial charge in [0.2, 0.25) is 0 Å². The molecule has 0 aromatic rings. The molecule has 169 valence electrons. The Morgan fingerprint density at radius 3 is 0.633 bits per heavy atom. The Hall–Kier alpha value is -2.58. The zero-order valence-corrected chi connectivity index (χ0v) is 20.1. The molecule has 30 heavy (non-hydrogen) atoms. The summed E-state index contributed by atoms with van der Waals surface area (Å²) in [6, 6.07) is 0. The summed E-state index contributed by atoms with van der Waals surface area (Å²) in [6.07, 6.45) is 11.1. The van der Waals surface area contributed by atoms with E-state index >= 15 is 0 Å². The molecule has 0 saturated heterocycles. The molecule has 0 N–H and O–H groups in total. The van der Waals surface area contributed by atoms with Gasteiger partial charge in [-0.05, 0) is 25.7 Å². The van der Waals surface area contributed by atoms with Crippen molar-refractivity contribution >= 4 is 0 Å². The van der Waals surface area contributed by atoms with Gasteiger partial charge >= 0.3 is 17.1 Å². The predicted octanol–water partition coefficient (Wildman–Crippen LogP) is 5.58. The molecular weight excluding hydrogens is 418 g/mol. The van der Waals surface area contributed by atoms with Crippen molar-refractivity contribution in [1.29, 1.82) is 31.6 Å². The summed E-state index contributed by atoms with van der Waals surface area (Å²) in [5, 5.41) is 37.5. The van der Waals surface area contributed by atoms with Crippen LogP contribution in [0.1, 0.15) is 79.1 Å². The first-order chi connectivity index (χ1) is 14.2. The van der Waals surface area contributed by atoms with Crippen LogP contribution in [-0.2, 0) is 17.1 Å². The molecular formula is C22H36FeN7-2. The Bertz CT molecular complexity index is 287. The van der Waals surface area contributed by atoms with Crippen molar-refractivity contribution in [1.82, 2.24) is 0 Å². The standard InChI is InChI=1S/C16H36N.6CN.Fe/c1-5-9-13-17(14-10-6-2,15-11-7-3)16-12-8-4;6*1-2;/h5-16H2,1-4H3;;;;;;;/q+1;6*-1;+3. The van der Waals surface area contributed by atoms with Gasteiger partial charge in [0.1, 0.15) is 0 Å². The Kier molecular flexibility index (Phi) is 121. The molecule has 1 radical (unpaired) electrons. The summed E-state index contributed by atoms with van der Waals surface area (Å²) in [4.78, 5) is 0. The number of nitrogens with zero attached hydrogens (tertiary/aromatic N) is 7. The van der Waals surface area contributed by atoms with Crippen LogP contribution in [0.15, 0.2) is 0 Å². The average molecular weight is 454 g/mol. The van der Waals surface area contributed by atoms with Gasteiger partial charge < -0.3 is 75.5 Å². The van der Waals surface area contributed by atoms with Crippen molar-refractivity contribution in [3.63, 3.8) is 0 Å². The zero-order chi connectivity index (χ0) is 25.0. The van der Waals surface area contributed by atoms with Crippen molar-refractivity contribution in [2.75, 3.05) is 26.2 Å². The molecule has 0 aliphatic carbocycles. The molecule has 8 heteroatoms. The van der Waals surface area contributed by atoms with Gasteiger partial charge in [-0.1, -0.05) is 53.4 Å². The molecule has 0 amide bonds. The minimum atomic E-state index is 0. The van der Waals surface area contributed by atoms with Crippen LogP contribution in [0.25, 0.3) is 0 Å². The van der Waals surface area contributed by atoms with Gasteiger partial charge in [-0.25, -0.2) is 0 Å². The summed E-state index contributed by atoms with van der Waals surface area (Å²) in [7, 11) is 0. The van der Waals surface area contributed by atoms with Gasteiger partial charge in [0.05, 0.1) is 26.2 Å². The number of hydrogen-bond acceptors (Lipinski definition) is 6. The minimum Gasteiger partial charge on any atom is -0.512 e. The third kappa shape index (κ3) is 50.0. The Balaban J connectivity index is -0.0000000530. The fourth-order valence-corrected chi connectivity index (χ4v) is 2.64. The van der Waals surface area contributed by atoms with E-state index in [0.29, 0.717) is 0 Å². The maximum atomic E-state index is 6.25. The van der Waals surface area contributed by atoms with Gasteiger partial charge in [-0.3, -0.25) is 0 Å². The van der Waals surface area contributed by atoms with Crippen LogP contribution in [0.4, 0.5) is 0 Å². The molecule has 7 nitrogen and oxygen atoms in total. The van der Waals surface area contributed by atoms with E-state index in [1.807, 2.05) is 0 Å². The summed E-state index contributed by atoms with van der Waals surface area (Å²) in [5.74, 6) is 0. The smallest absolute Gasteiger partial charge is 0.512 e. The molecule has 0 heterocycles. The normalized spacial score (nSPS) is 7.20. The van der Waals surface area contributed by atoms with Crippen molar-refractivity contribution in [2.45, 2.75) is 79.1 Å². The second kappa shape index (κ2) is 71.8. The van der Waals surface area contributed by atoms with Gasteiger partial charge in [0.25, 0.3) is 0 Å². The molecule has 0 bridgehead atoms. The first kappa shape index (κ1) is 50.7. The molecule has 0 saturated carbocycles. The third-order valence-corrected chi connectivity index (χ3v) is 3.94. The van der Waals surface area contributed by atoms with E-state index in [-0.39, 0.29) is 17.1 Å². The van der Waals surface area contributed by atoms with Gasteiger partial charge in [-0.2, -0.15) is 0 Å². The van der Waals surface area contributed by atoms with Crippen molar-refractivity contribution < 1.29 is 21.6 Å². The monoisotopic (exact) mass is 454 g/mol. The molecule has 0 unspecified atom stereocenters. The number of quaternary nitrogens is 1. The van der Waals surface area contributed by atoms with Crippen LogP contribution in [0.2, 0.25) is 0 Å². The SMILES string of the molecule is CCCC[N+](CCCC)(CCCC)CCCC.[C-]#N.[C-]#N.[C-]#N.[C-]#N.[C-]#N.[C-]#N.[Fe+3]. The maximum absolute atomic E-state index is 6.25. The van der Waals surface area contributed by atoms with Gasteiger partial charge in [0, 0.05) is 0 Å². The van der Waals surface area contributed by atoms with Crippen LogP contribution < -0.4 is 0 Å². The number of rotatable bonds is 12. The third-order valence-electron chi connectivity index (χ3n) is 3.94. The molecule has 0 aliphatic heterocycles. The largest absolute Gasteiger partial charge is 3.00 e. The van der Waals surface area contributed by atoms with Crippen molar-refractivity contribution in [3.05, 3.63) is 39.4 Å². The Morgan fingerprint density at radius 2 is 0.533 bits per heavy atom. The maximum Gasteiger partial charge on any atom is 3.00 e. The quantitative estimate of drug-likeness (QED) is 0.214. The average Bonchev–Trinajstić information content (AvgIpc) is 2.85. The molecule has 0 rings (SSSR count). The van der Waals surface area contributed by atoms with E-state index in [1.54, 1.807) is 0 Å². The summed E-state index contributed by atoms with van der Waals surface area (Å²) in [5.41, 5.74) is 0. The predicted molar refractivity (Wildman–Crippen MR) is 109 cm³/mol. The van der Waals surface area contributed by atoms with Crippen molar-refractivity contribution in [2.24, 2.45) is 0 Å². The number of unbranched alkanes of at least 4 members (excludes halogenated alkanes) is 4. The number of hydrogen-bond donors (Lipinski definition) is 0. The van der Waals surface area contributed by atoms with Gasteiger partial charge in [-0.15, -0.1) is 0 Å². The molecule has 0 aromatic heterocycles. The molecule has 0 aliphatic rings. The first-order valence-electron chi connectivity index (χ1n) is 9.43. The zero-order valence-electron chi connectivity index (χ0n) is 19.0. The van der Waals surface area contributed by atoms with E-state index < -0.39 is 0 Å². The second-order valence-electron chi connectivity index (χ2n) is 5.65. The molecule has 0 fully saturated rings. The topological polar surface area (TPSA) is 143 Å². The van der Waals surface area contributed by atoms with E-state index in [4.69, 9.17) is 71.0 Å². The molecule has 0 spiro atoms. The van der Waals surface area contributed by atoms with E-state index in [2.05, 4.69) is 27.7 Å². The fraction of sp³-hybridized carbons (Fsp3) is 0.727. The van der Waals surface area contributed by atoms with Gasteiger partial charge in [0.15, 0.2) is 0 Å². The van der Waals surface area contributed by atoms with E-state index in [1.165, 1.54) is 82.0 Å². The van der Waals surface area contributed by atoms with Crippen LogP contribution in [0.3, 0.4) is 0 Å². The van der Waals surface area contributed by atoms with E-state index in [9.17, 15) is 0 Å². The molecule has 0 aromatic carbocycles. The molecule has 0 atom stereocenters. The summed E-state index contributed by atoms with van der Waals surface area (Å²) < 4.78 is 1.42. The first-order valence-corrected chi connectivity index (χ1v) is 9.43. The van der Waals surface area contributed by atoms with Crippen LogP contribution >= 0.6 is 0 Å². The summed E-state index contributed by atoms with van der Waals surface area (Å²) in [6.45, 7) is 43.5. The Labute approximate surface area is 197 Å². The van der Waals surface area contributed by atoms with Crippen molar-refractivity contribution in [3.8, 4) is 0 Å². The van der Waals surface area contributed by atoms with E-state index in [0.717, 1.165) is 0 Å². The summed E-state index contributed by atoms with van der Waals surface area (Å²) >= 11 is 0. The van der Waals surface area contributed by atoms with Crippen LogP contribution in [0, 0.1) is 71.0 Å². The second-order valence-corrected chi connectivity index (χ2v) is 5.65. The Morgan fingerprint density at radius 1 is 0.400 bits per heavy atom.